The first-order chi connectivity index (χ1) is 9.49. The number of ether oxygens (including phenoxy) is 1. The highest BCUT2D eigenvalue weighted by atomic mass is 35.5. The standard InChI is InChI=1S/C14H19ClFN3O/c1-9(2)20-6-4-3-5-19-13-7-10(15)11(16)8-12(13)18-14(19)17/h7-9H,3-6H2,1-2H3,(H2,17,18). The number of nitrogens with zero attached hydrogens (tertiary/aromatic N) is 2. The van der Waals surface area contributed by atoms with Gasteiger partial charge in [-0.25, -0.2) is 9.37 Å². The van der Waals surface area contributed by atoms with E-state index in [0.717, 1.165) is 25.0 Å². The van der Waals surface area contributed by atoms with Crippen molar-refractivity contribution in [3.8, 4) is 0 Å². The summed E-state index contributed by atoms with van der Waals surface area (Å²) in [7, 11) is 0. The van der Waals surface area contributed by atoms with Crippen LogP contribution in [0, 0.1) is 5.82 Å². The van der Waals surface area contributed by atoms with E-state index in [0.29, 0.717) is 18.0 Å². The summed E-state index contributed by atoms with van der Waals surface area (Å²) >= 11 is 5.81. The van der Waals surface area contributed by atoms with Crippen molar-refractivity contribution in [3.05, 3.63) is 23.0 Å². The van der Waals surface area contributed by atoms with Gasteiger partial charge >= 0.3 is 0 Å². The van der Waals surface area contributed by atoms with Gasteiger partial charge in [0.2, 0.25) is 5.95 Å². The minimum atomic E-state index is -0.478. The van der Waals surface area contributed by atoms with Crippen molar-refractivity contribution in [3.63, 3.8) is 0 Å². The lowest BCUT2D eigenvalue weighted by molar-refractivity contribution is 0.0755. The molecule has 1 heterocycles. The molecular weight excluding hydrogens is 281 g/mol. The van der Waals surface area contributed by atoms with Gasteiger partial charge in [0, 0.05) is 19.2 Å². The van der Waals surface area contributed by atoms with Gasteiger partial charge in [0.15, 0.2) is 0 Å². The highest BCUT2D eigenvalue weighted by Gasteiger charge is 2.11. The first-order valence-corrected chi connectivity index (χ1v) is 7.09. The molecule has 0 spiro atoms. The van der Waals surface area contributed by atoms with Gasteiger partial charge in [-0.15, -0.1) is 0 Å². The minimum Gasteiger partial charge on any atom is -0.379 e. The van der Waals surface area contributed by atoms with Crippen molar-refractivity contribution in [1.82, 2.24) is 9.55 Å². The van der Waals surface area contributed by atoms with Crippen LogP contribution in [0.5, 0.6) is 0 Å². The number of unbranched alkanes of at least 4 members (excludes halogenated alkanes) is 1. The number of anilines is 1. The van der Waals surface area contributed by atoms with Crippen LogP contribution in [0.25, 0.3) is 11.0 Å². The number of nitrogen functional groups attached to an aromatic ring is 1. The maximum absolute atomic E-state index is 13.4. The highest BCUT2D eigenvalue weighted by molar-refractivity contribution is 6.31. The number of hydrogen-bond donors (Lipinski definition) is 1. The van der Waals surface area contributed by atoms with Crippen LogP contribution in [-0.2, 0) is 11.3 Å². The predicted molar refractivity (Wildman–Crippen MR) is 79.4 cm³/mol. The smallest absolute Gasteiger partial charge is 0.201 e. The second-order valence-electron chi connectivity index (χ2n) is 5.00. The number of imidazole rings is 1. The topological polar surface area (TPSA) is 53.1 Å². The monoisotopic (exact) mass is 299 g/mol. The molecule has 0 saturated heterocycles. The SMILES string of the molecule is CC(C)OCCCCn1c(N)nc2cc(F)c(Cl)cc21. The second-order valence-corrected chi connectivity index (χ2v) is 5.41. The van der Waals surface area contributed by atoms with Crippen molar-refractivity contribution >= 4 is 28.6 Å². The zero-order valence-corrected chi connectivity index (χ0v) is 12.5. The molecule has 0 aliphatic rings. The first kappa shape index (κ1) is 15.1. The van der Waals surface area contributed by atoms with E-state index in [-0.39, 0.29) is 11.1 Å². The van der Waals surface area contributed by atoms with Gasteiger partial charge in [0.1, 0.15) is 5.82 Å². The van der Waals surface area contributed by atoms with Crippen molar-refractivity contribution < 1.29 is 9.13 Å². The average molecular weight is 300 g/mol. The third kappa shape index (κ3) is 3.41. The van der Waals surface area contributed by atoms with E-state index in [1.54, 1.807) is 6.07 Å². The predicted octanol–water partition coefficient (Wildman–Crippen LogP) is 3.62. The van der Waals surface area contributed by atoms with Crippen molar-refractivity contribution in [2.24, 2.45) is 0 Å². The molecule has 0 radical (unpaired) electrons. The molecule has 0 aliphatic heterocycles. The van der Waals surface area contributed by atoms with Crippen LogP contribution in [0.4, 0.5) is 10.3 Å². The fraction of sp³-hybridized carbons (Fsp3) is 0.500. The molecule has 2 N–H and O–H groups in total. The fourth-order valence-electron chi connectivity index (χ4n) is 2.06. The largest absolute Gasteiger partial charge is 0.379 e. The molecule has 20 heavy (non-hydrogen) atoms. The number of rotatable bonds is 6. The lowest BCUT2D eigenvalue weighted by atomic mass is 10.3. The van der Waals surface area contributed by atoms with Crippen LogP contribution >= 0.6 is 11.6 Å². The van der Waals surface area contributed by atoms with Gasteiger partial charge in [0.25, 0.3) is 0 Å². The third-order valence-electron chi connectivity index (χ3n) is 3.05. The van der Waals surface area contributed by atoms with Crippen molar-refractivity contribution in [1.29, 1.82) is 0 Å². The first-order valence-electron chi connectivity index (χ1n) is 6.71. The normalized spacial score (nSPS) is 11.7. The molecule has 2 rings (SSSR count). The number of hydrogen-bond acceptors (Lipinski definition) is 3. The summed E-state index contributed by atoms with van der Waals surface area (Å²) in [6.45, 7) is 5.46. The summed E-state index contributed by atoms with van der Waals surface area (Å²) in [5.74, 6) is -0.0967. The summed E-state index contributed by atoms with van der Waals surface area (Å²) in [4.78, 5) is 4.15. The molecule has 0 unspecified atom stereocenters. The van der Waals surface area contributed by atoms with E-state index < -0.39 is 5.82 Å². The van der Waals surface area contributed by atoms with Crippen LogP contribution in [-0.4, -0.2) is 22.3 Å². The molecule has 110 valence electrons. The zero-order valence-electron chi connectivity index (χ0n) is 11.7. The Bertz CT molecular complexity index is 598. The summed E-state index contributed by atoms with van der Waals surface area (Å²) < 4.78 is 20.7. The molecule has 0 aliphatic carbocycles. The number of halogens is 2. The molecule has 4 nitrogen and oxygen atoms in total. The Morgan fingerprint density at radius 1 is 1.40 bits per heavy atom. The van der Waals surface area contributed by atoms with Gasteiger partial charge in [-0.1, -0.05) is 11.6 Å². The lowest BCUT2D eigenvalue weighted by Crippen LogP contribution is -2.07. The molecule has 2 aromatic rings. The van der Waals surface area contributed by atoms with Crippen LogP contribution in [0.15, 0.2) is 12.1 Å². The van der Waals surface area contributed by atoms with E-state index in [9.17, 15) is 4.39 Å². The summed E-state index contributed by atoms with van der Waals surface area (Å²) in [5.41, 5.74) is 7.16. The van der Waals surface area contributed by atoms with E-state index in [4.69, 9.17) is 22.1 Å². The van der Waals surface area contributed by atoms with E-state index in [1.807, 2.05) is 18.4 Å². The van der Waals surface area contributed by atoms with Crippen LogP contribution in [0.1, 0.15) is 26.7 Å². The number of aryl methyl sites for hydroxylation is 1. The maximum Gasteiger partial charge on any atom is 0.201 e. The molecule has 0 bridgehead atoms. The Kier molecular flexibility index (Phi) is 4.83. The Labute approximate surface area is 122 Å². The molecule has 0 fully saturated rings. The van der Waals surface area contributed by atoms with Crippen LogP contribution in [0.2, 0.25) is 5.02 Å². The second kappa shape index (κ2) is 6.41. The van der Waals surface area contributed by atoms with E-state index in [1.165, 1.54) is 6.07 Å². The third-order valence-corrected chi connectivity index (χ3v) is 3.34. The lowest BCUT2D eigenvalue weighted by Gasteiger charge is -2.09. The molecular formula is C14H19ClFN3O. The van der Waals surface area contributed by atoms with Gasteiger partial charge in [0.05, 0.1) is 22.2 Å². The quantitative estimate of drug-likeness (QED) is 0.829. The highest BCUT2D eigenvalue weighted by Crippen LogP contribution is 2.25. The molecule has 1 aromatic heterocycles. The fourth-order valence-corrected chi connectivity index (χ4v) is 2.22. The number of aromatic nitrogens is 2. The van der Waals surface area contributed by atoms with Gasteiger partial charge < -0.3 is 15.0 Å². The van der Waals surface area contributed by atoms with E-state index in [2.05, 4.69) is 4.98 Å². The Hall–Kier alpha value is -1.33. The number of fused-ring (bicyclic) bond motifs is 1. The maximum atomic E-state index is 13.4. The van der Waals surface area contributed by atoms with Crippen molar-refractivity contribution in [2.45, 2.75) is 39.3 Å². The Morgan fingerprint density at radius 2 is 2.15 bits per heavy atom. The molecule has 6 heteroatoms. The van der Waals surface area contributed by atoms with Crippen molar-refractivity contribution in [2.75, 3.05) is 12.3 Å². The number of benzene rings is 1. The summed E-state index contributed by atoms with van der Waals surface area (Å²) in [6, 6.07) is 2.88. The van der Waals surface area contributed by atoms with Crippen LogP contribution in [0.3, 0.4) is 0 Å². The van der Waals surface area contributed by atoms with Crippen LogP contribution < -0.4 is 5.73 Å². The van der Waals surface area contributed by atoms with Gasteiger partial charge in [-0.2, -0.15) is 0 Å². The number of nitrogens with two attached hydrogens (primary N) is 1. The summed E-state index contributed by atoms with van der Waals surface area (Å²) in [6.07, 6.45) is 2.10. The molecule has 0 atom stereocenters. The van der Waals surface area contributed by atoms with Gasteiger partial charge in [-0.05, 0) is 32.8 Å². The summed E-state index contributed by atoms with van der Waals surface area (Å²) in [5, 5.41) is 0.0850. The molecule has 0 saturated carbocycles. The Balaban J connectivity index is 2.06. The molecule has 0 amide bonds. The molecule has 1 aromatic carbocycles. The average Bonchev–Trinajstić information content (AvgIpc) is 2.65. The zero-order chi connectivity index (χ0) is 14.7. The van der Waals surface area contributed by atoms with E-state index >= 15 is 0 Å². The Morgan fingerprint density at radius 3 is 2.85 bits per heavy atom. The van der Waals surface area contributed by atoms with Gasteiger partial charge in [-0.3, -0.25) is 0 Å². The minimum absolute atomic E-state index is 0.0850.